The van der Waals surface area contributed by atoms with E-state index >= 15 is 0 Å². The van der Waals surface area contributed by atoms with Crippen molar-refractivity contribution in [1.29, 1.82) is 0 Å². The van der Waals surface area contributed by atoms with Gasteiger partial charge >= 0.3 is 0 Å². The van der Waals surface area contributed by atoms with Crippen molar-refractivity contribution in [3.63, 3.8) is 0 Å². The first-order valence-corrected chi connectivity index (χ1v) is 6.30. The molecule has 3 nitrogen and oxygen atoms in total. The smallest absolute Gasteiger partial charge is 0.0451 e. The lowest BCUT2D eigenvalue weighted by molar-refractivity contribution is 0.340. The number of nitrogens with one attached hydrogen (secondary N) is 2. The topological polar surface area (TPSA) is 31.1 Å². The number of benzene rings is 1. The average molecular weight is 243 g/mol. The summed E-state index contributed by atoms with van der Waals surface area (Å²) in [7, 11) is 4.21. The lowest BCUT2D eigenvalue weighted by Gasteiger charge is -2.22. The largest absolute Gasteiger partial charge is 0.367 e. The van der Waals surface area contributed by atoms with Crippen molar-refractivity contribution >= 4 is 0 Å². The molecule has 0 fully saturated rings. The Morgan fingerprint density at radius 2 is 1.94 bits per heavy atom. The summed E-state index contributed by atoms with van der Waals surface area (Å²) in [5.41, 5.74) is 2.62. The second kappa shape index (κ2) is 6.38. The minimum absolute atomic E-state index is 0.358. The van der Waals surface area contributed by atoms with Crippen molar-refractivity contribution < 1.29 is 0 Å². The molecular formula is C15H21N3. The monoisotopic (exact) mass is 243 g/mol. The average Bonchev–Trinajstić information content (AvgIpc) is 2.88. The molecule has 1 unspecified atom stereocenters. The lowest BCUT2D eigenvalue weighted by atomic mass is 10.1. The molecule has 0 aliphatic heterocycles. The third-order valence-corrected chi connectivity index (χ3v) is 2.96. The fourth-order valence-electron chi connectivity index (χ4n) is 2.05. The van der Waals surface area contributed by atoms with Crippen LogP contribution in [0, 0.1) is 0 Å². The van der Waals surface area contributed by atoms with Crippen molar-refractivity contribution in [3.05, 3.63) is 59.9 Å². The number of H-pyrrole nitrogens is 1. The molecule has 1 atom stereocenters. The molecule has 0 saturated carbocycles. The first-order valence-electron chi connectivity index (χ1n) is 6.30. The Bertz CT molecular complexity index is 434. The zero-order chi connectivity index (χ0) is 12.8. The summed E-state index contributed by atoms with van der Waals surface area (Å²) in [6.07, 6.45) is 3.99. The SMILES string of the molecule is CN(C)CC(NCc1cc[nH]c1)c1ccccc1. The summed E-state index contributed by atoms with van der Waals surface area (Å²) in [5.74, 6) is 0. The number of hydrogen-bond acceptors (Lipinski definition) is 2. The predicted octanol–water partition coefficient (Wildman–Crippen LogP) is 2.41. The Hall–Kier alpha value is -1.58. The summed E-state index contributed by atoms with van der Waals surface area (Å²) in [6.45, 7) is 1.88. The Morgan fingerprint density at radius 1 is 1.17 bits per heavy atom. The molecule has 0 radical (unpaired) electrons. The van der Waals surface area contributed by atoms with Crippen LogP contribution in [0.15, 0.2) is 48.8 Å². The molecule has 2 rings (SSSR count). The van der Waals surface area contributed by atoms with Crippen LogP contribution < -0.4 is 5.32 Å². The minimum Gasteiger partial charge on any atom is -0.367 e. The molecule has 0 spiro atoms. The quantitative estimate of drug-likeness (QED) is 0.816. The van der Waals surface area contributed by atoms with Crippen LogP contribution in [-0.2, 0) is 6.54 Å². The van der Waals surface area contributed by atoms with Crippen LogP contribution in [0.25, 0.3) is 0 Å². The van der Waals surface area contributed by atoms with Gasteiger partial charge in [-0.2, -0.15) is 0 Å². The van der Waals surface area contributed by atoms with E-state index in [1.54, 1.807) is 0 Å². The Morgan fingerprint density at radius 3 is 2.56 bits per heavy atom. The highest BCUT2D eigenvalue weighted by Gasteiger charge is 2.11. The molecule has 1 aromatic heterocycles. The van der Waals surface area contributed by atoms with Crippen LogP contribution in [0.1, 0.15) is 17.2 Å². The fraction of sp³-hybridized carbons (Fsp3) is 0.333. The van der Waals surface area contributed by atoms with E-state index in [1.807, 2.05) is 12.4 Å². The molecule has 1 aromatic carbocycles. The van der Waals surface area contributed by atoms with Crippen LogP contribution in [0.3, 0.4) is 0 Å². The molecule has 18 heavy (non-hydrogen) atoms. The van der Waals surface area contributed by atoms with Gasteiger partial charge in [0.25, 0.3) is 0 Å². The Balaban J connectivity index is 2.01. The number of likely N-dealkylation sites (N-methyl/N-ethyl adjacent to an activating group) is 1. The number of aromatic amines is 1. The van der Waals surface area contributed by atoms with Crippen molar-refractivity contribution in [2.24, 2.45) is 0 Å². The van der Waals surface area contributed by atoms with Crippen LogP contribution in [0.2, 0.25) is 0 Å². The third kappa shape index (κ3) is 3.72. The highest BCUT2D eigenvalue weighted by atomic mass is 15.1. The number of nitrogens with zero attached hydrogens (tertiary/aromatic N) is 1. The van der Waals surface area contributed by atoms with Gasteiger partial charge in [0.2, 0.25) is 0 Å². The maximum atomic E-state index is 3.61. The number of hydrogen-bond donors (Lipinski definition) is 2. The molecule has 1 heterocycles. The van der Waals surface area contributed by atoms with Gasteiger partial charge in [0.1, 0.15) is 0 Å². The van der Waals surface area contributed by atoms with E-state index < -0.39 is 0 Å². The second-order valence-electron chi connectivity index (χ2n) is 4.83. The number of aromatic nitrogens is 1. The molecule has 0 bridgehead atoms. The van der Waals surface area contributed by atoms with Crippen molar-refractivity contribution in [1.82, 2.24) is 15.2 Å². The Labute approximate surface area is 109 Å². The summed E-state index contributed by atoms with van der Waals surface area (Å²) < 4.78 is 0. The van der Waals surface area contributed by atoms with Gasteiger partial charge in [-0.15, -0.1) is 0 Å². The van der Waals surface area contributed by atoms with E-state index in [0.29, 0.717) is 6.04 Å². The third-order valence-electron chi connectivity index (χ3n) is 2.96. The molecule has 2 N–H and O–H groups in total. The second-order valence-corrected chi connectivity index (χ2v) is 4.83. The van der Waals surface area contributed by atoms with Gasteiger partial charge in [-0.05, 0) is 31.3 Å². The van der Waals surface area contributed by atoms with Crippen LogP contribution in [0.5, 0.6) is 0 Å². The first-order chi connectivity index (χ1) is 8.75. The van der Waals surface area contributed by atoms with E-state index in [0.717, 1.165) is 13.1 Å². The minimum atomic E-state index is 0.358. The van der Waals surface area contributed by atoms with Crippen molar-refractivity contribution in [2.75, 3.05) is 20.6 Å². The Kier molecular flexibility index (Phi) is 4.56. The molecule has 0 aliphatic rings. The van der Waals surface area contributed by atoms with Crippen LogP contribution in [-0.4, -0.2) is 30.5 Å². The zero-order valence-electron chi connectivity index (χ0n) is 11.1. The maximum Gasteiger partial charge on any atom is 0.0451 e. The first kappa shape index (κ1) is 12.9. The molecular weight excluding hydrogens is 222 g/mol. The lowest BCUT2D eigenvalue weighted by Crippen LogP contribution is -2.30. The summed E-state index contributed by atoms with van der Waals surface area (Å²) in [6, 6.07) is 13.1. The van der Waals surface area contributed by atoms with Gasteiger partial charge in [-0.3, -0.25) is 0 Å². The van der Waals surface area contributed by atoms with E-state index in [1.165, 1.54) is 11.1 Å². The highest BCUT2D eigenvalue weighted by molar-refractivity contribution is 5.20. The van der Waals surface area contributed by atoms with Crippen molar-refractivity contribution in [3.8, 4) is 0 Å². The molecule has 0 aliphatic carbocycles. The van der Waals surface area contributed by atoms with E-state index in [4.69, 9.17) is 0 Å². The molecule has 0 saturated heterocycles. The van der Waals surface area contributed by atoms with Gasteiger partial charge < -0.3 is 15.2 Å². The fourth-order valence-corrected chi connectivity index (χ4v) is 2.05. The molecule has 0 amide bonds. The van der Waals surface area contributed by atoms with Crippen molar-refractivity contribution in [2.45, 2.75) is 12.6 Å². The van der Waals surface area contributed by atoms with Crippen LogP contribution >= 0.6 is 0 Å². The van der Waals surface area contributed by atoms with Gasteiger partial charge in [-0.25, -0.2) is 0 Å². The standard InChI is InChI=1S/C15H21N3/c1-18(2)12-15(14-6-4-3-5-7-14)17-11-13-8-9-16-10-13/h3-10,15-17H,11-12H2,1-2H3. The van der Waals surface area contributed by atoms with Gasteiger partial charge in [-0.1, -0.05) is 30.3 Å². The van der Waals surface area contributed by atoms with Crippen LogP contribution in [0.4, 0.5) is 0 Å². The van der Waals surface area contributed by atoms with E-state index in [2.05, 4.69) is 65.7 Å². The summed E-state index contributed by atoms with van der Waals surface area (Å²) in [5, 5.41) is 3.61. The predicted molar refractivity (Wildman–Crippen MR) is 75.4 cm³/mol. The number of rotatable bonds is 6. The van der Waals surface area contributed by atoms with Gasteiger partial charge in [0.05, 0.1) is 0 Å². The van der Waals surface area contributed by atoms with E-state index in [-0.39, 0.29) is 0 Å². The highest BCUT2D eigenvalue weighted by Crippen LogP contribution is 2.14. The van der Waals surface area contributed by atoms with Gasteiger partial charge in [0.15, 0.2) is 0 Å². The van der Waals surface area contributed by atoms with Gasteiger partial charge in [0, 0.05) is 31.5 Å². The molecule has 2 aromatic rings. The summed E-state index contributed by atoms with van der Waals surface area (Å²) >= 11 is 0. The van der Waals surface area contributed by atoms with E-state index in [9.17, 15) is 0 Å². The summed E-state index contributed by atoms with van der Waals surface area (Å²) in [4.78, 5) is 5.29. The molecule has 96 valence electrons. The zero-order valence-corrected chi connectivity index (χ0v) is 11.1. The molecule has 3 heteroatoms. The maximum absolute atomic E-state index is 3.61. The normalized spacial score (nSPS) is 12.8.